The van der Waals surface area contributed by atoms with Crippen LogP contribution < -0.4 is 5.32 Å². The van der Waals surface area contributed by atoms with Crippen molar-refractivity contribution in [2.75, 3.05) is 26.8 Å². The van der Waals surface area contributed by atoms with E-state index >= 15 is 0 Å². The van der Waals surface area contributed by atoms with Gasteiger partial charge in [0.2, 0.25) is 0 Å². The number of ether oxygens (including phenoxy) is 1. The van der Waals surface area contributed by atoms with E-state index in [1.807, 2.05) is 11.3 Å². The van der Waals surface area contributed by atoms with Gasteiger partial charge in [-0.25, -0.2) is 0 Å². The van der Waals surface area contributed by atoms with Crippen LogP contribution in [-0.4, -0.2) is 26.8 Å². The highest BCUT2D eigenvalue weighted by atomic mass is 79.9. The second kappa shape index (κ2) is 6.88. The van der Waals surface area contributed by atoms with E-state index in [0.29, 0.717) is 0 Å². The number of rotatable bonds is 7. The molecular formula is C13H22BrNOS. The highest BCUT2D eigenvalue weighted by Crippen LogP contribution is 2.36. The summed E-state index contributed by atoms with van der Waals surface area (Å²) in [7, 11) is 1.73. The van der Waals surface area contributed by atoms with Gasteiger partial charge < -0.3 is 10.1 Å². The van der Waals surface area contributed by atoms with E-state index in [0.717, 1.165) is 26.1 Å². The number of nitrogens with one attached hydrogen (secondary N) is 1. The molecule has 0 atom stereocenters. The predicted molar refractivity (Wildman–Crippen MR) is 79.1 cm³/mol. The zero-order valence-corrected chi connectivity index (χ0v) is 13.5. The fourth-order valence-electron chi connectivity index (χ4n) is 1.62. The molecule has 0 aliphatic heterocycles. The van der Waals surface area contributed by atoms with Crippen molar-refractivity contribution in [3.05, 3.63) is 20.3 Å². The third kappa shape index (κ3) is 4.70. The second-order valence-electron chi connectivity index (χ2n) is 4.89. The topological polar surface area (TPSA) is 21.3 Å². The lowest BCUT2D eigenvalue weighted by Gasteiger charge is -2.23. The summed E-state index contributed by atoms with van der Waals surface area (Å²) in [5.41, 5.74) is 0.238. The van der Waals surface area contributed by atoms with E-state index in [9.17, 15) is 0 Å². The Hall–Kier alpha value is 0.1000. The summed E-state index contributed by atoms with van der Waals surface area (Å²) >= 11 is 5.48. The molecule has 1 aromatic heterocycles. The Bertz CT molecular complexity index is 330. The first kappa shape index (κ1) is 15.2. The molecule has 0 fully saturated rings. The van der Waals surface area contributed by atoms with Gasteiger partial charge in [-0.05, 0) is 41.9 Å². The quantitative estimate of drug-likeness (QED) is 0.773. The molecule has 4 heteroatoms. The molecule has 0 saturated heterocycles. The minimum atomic E-state index is 0.238. The summed E-state index contributed by atoms with van der Waals surface area (Å²) in [4.78, 5) is 2.82. The highest BCUT2D eigenvalue weighted by molar-refractivity contribution is 9.10. The Labute approximate surface area is 117 Å². The van der Waals surface area contributed by atoms with Crippen molar-refractivity contribution in [1.82, 2.24) is 5.32 Å². The molecule has 1 N–H and O–H groups in total. The van der Waals surface area contributed by atoms with Gasteiger partial charge in [0.25, 0.3) is 0 Å². The van der Waals surface area contributed by atoms with Crippen LogP contribution in [-0.2, 0) is 10.2 Å². The Morgan fingerprint density at radius 2 is 2.12 bits per heavy atom. The minimum absolute atomic E-state index is 0.238. The number of thiophene rings is 1. The zero-order chi connectivity index (χ0) is 12.9. The van der Waals surface area contributed by atoms with Crippen LogP contribution in [0.15, 0.2) is 10.5 Å². The molecule has 17 heavy (non-hydrogen) atoms. The lowest BCUT2D eigenvalue weighted by atomic mass is 9.87. The molecule has 1 heterocycles. The molecule has 0 unspecified atom stereocenters. The van der Waals surface area contributed by atoms with Crippen molar-refractivity contribution in [3.63, 3.8) is 0 Å². The van der Waals surface area contributed by atoms with Gasteiger partial charge in [-0.3, -0.25) is 0 Å². The van der Waals surface area contributed by atoms with E-state index in [2.05, 4.69) is 48.1 Å². The van der Waals surface area contributed by atoms with Crippen molar-refractivity contribution in [1.29, 1.82) is 0 Å². The summed E-state index contributed by atoms with van der Waals surface area (Å²) < 4.78 is 6.25. The first-order valence-electron chi connectivity index (χ1n) is 5.93. The predicted octanol–water partition coefficient (Wildman–Crippen LogP) is 3.72. The second-order valence-corrected chi connectivity index (χ2v) is 7.00. The van der Waals surface area contributed by atoms with Crippen LogP contribution in [0.25, 0.3) is 0 Å². The summed E-state index contributed by atoms with van der Waals surface area (Å²) in [5.74, 6) is 0. The number of halogens is 1. The summed E-state index contributed by atoms with van der Waals surface area (Å²) in [6.07, 6.45) is 1.14. The average molecular weight is 320 g/mol. The summed E-state index contributed by atoms with van der Waals surface area (Å²) in [5, 5.41) is 3.40. The number of methoxy groups -OCH3 is 1. The van der Waals surface area contributed by atoms with E-state index < -0.39 is 0 Å². The van der Waals surface area contributed by atoms with E-state index in [1.165, 1.54) is 14.2 Å². The third-order valence-corrected chi connectivity index (χ3v) is 5.44. The van der Waals surface area contributed by atoms with Crippen molar-refractivity contribution in [2.24, 2.45) is 0 Å². The number of hydrogen-bond acceptors (Lipinski definition) is 3. The number of hydrogen-bond donors (Lipinski definition) is 1. The third-order valence-electron chi connectivity index (χ3n) is 2.93. The molecule has 1 aromatic rings. The monoisotopic (exact) mass is 319 g/mol. The SMILES string of the molecule is COCCNCCC(C)(C)c1cc(Br)c(C)s1. The van der Waals surface area contributed by atoms with Gasteiger partial charge in [0, 0.05) is 33.3 Å². The Kier molecular flexibility index (Phi) is 6.13. The Morgan fingerprint density at radius 1 is 1.41 bits per heavy atom. The smallest absolute Gasteiger partial charge is 0.0587 e. The largest absolute Gasteiger partial charge is 0.383 e. The summed E-state index contributed by atoms with van der Waals surface area (Å²) in [6.45, 7) is 9.52. The Balaban J connectivity index is 2.45. The molecule has 1 rings (SSSR count). The van der Waals surface area contributed by atoms with Gasteiger partial charge in [-0.15, -0.1) is 11.3 Å². The average Bonchev–Trinajstić information content (AvgIpc) is 2.60. The molecule has 0 spiro atoms. The van der Waals surface area contributed by atoms with Gasteiger partial charge in [0.15, 0.2) is 0 Å². The van der Waals surface area contributed by atoms with Crippen LogP contribution in [0.2, 0.25) is 0 Å². The molecule has 0 bridgehead atoms. The fourth-order valence-corrected chi connectivity index (χ4v) is 3.28. The lowest BCUT2D eigenvalue weighted by molar-refractivity contribution is 0.198. The number of aryl methyl sites for hydroxylation is 1. The molecule has 2 nitrogen and oxygen atoms in total. The summed E-state index contributed by atoms with van der Waals surface area (Å²) in [6, 6.07) is 2.26. The molecule has 0 aromatic carbocycles. The van der Waals surface area contributed by atoms with Crippen LogP contribution in [0.3, 0.4) is 0 Å². The molecule has 0 saturated carbocycles. The van der Waals surface area contributed by atoms with Crippen molar-refractivity contribution in [2.45, 2.75) is 32.6 Å². The first-order valence-corrected chi connectivity index (χ1v) is 7.54. The van der Waals surface area contributed by atoms with Gasteiger partial charge in [-0.2, -0.15) is 0 Å². The highest BCUT2D eigenvalue weighted by Gasteiger charge is 2.22. The minimum Gasteiger partial charge on any atom is -0.383 e. The maximum Gasteiger partial charge on any atom is 0.0587 e. The molecule has 0 radical (unpaired) electrons. The van der Waals surface area contributed by atoms with Crippen molar-refractivity contribution >= 4 is 27.3 Å². The van der Waals surface area contributed by atoms with Crippen molar-refractivity contribution in [3.8, 4) is 0 Å². The first-order chi connectivity index (χ1) is 7.97. The van der Waals surface area contributed by atoms with Crippen LogP contribution in [0, 0.1) is 6.92 Å². The van der Waals surface area contributed by atoms with Crippen LogP contribution in [0.5, 0.6) is 0 Å². The standard InChI is InChI=1S/C13H22BrNOS/c1-10-11(14)9-12(17-10)13(2,3)5-6-15-7-8-16-4/h9,15H,5-8H2,1-4H3. The zero-order valence-electron chi connectivity index (χ0n) is 11.1. The molecule has 98 valence electrons. The van der Waals surface area contributed by atoms with Crippen LogP contribution >= 0.6 is 27.3 Å². The normalized spacial score (nSPS) is 12.1. The van der Waals surface area contributed by atoms with Crippen molar-refractivity contribution < 1.29 is 4.74 Å². The van der Waals surface area contributed by atoms with Crippen LogP contribution in [0.1, 0.15) is 30.0 Å². The lowest BCUT2D eigenvalue weighted by Crippen LogP contribution is -2.26. The molecule has 0 aliphatic rings. The Morgan fingerprint density at radius 3 is 2.65 bits per heavy atom. The van der Waals surface area contributed by atoms with E-state index in [1.54, 1.807) is 7.11 Å². The van der Waals surface area contributed by atoms with Gasteiger partial charge in [0.1, 0.15) is 0 Å². The van der Waals surface area contributed by atoms with Crippen LogP contribution in [0.4, 0.5) is 0 Å². The van der Waals surface area contributed by atoms with Gasteiger partial charge in [-0.1, -0.05) is 13.8 Å². The molecule has 0 amide bonds. The van der Waals surface area contributed by atoms with E-state index in [4.69, 9.17) is 4.74 Å². The maximum atomic E-state index is 5.01. The fraction of sp³-hybridized carbons (Fsp3) is 0.692. The maximum absolute atomic E-state index is 5.01. The molecular weight excluding hydrogens is 298 g/mol. The van der Waals surface area contributed by atoms with Gasteiger partial charge >= 0.3 is 0 Å². The molecule has 0 aliphatic carbocycles. The van der Waals surface area contributed by atoms with E-state index in [-0.39, 0.29) is 5.41 Å². The van der Waals surface area contributed by atoms with Gasteiger partial charge in [0.05, 0.1) is 6.61 Å².